The van der Waals surface area contributed by atoms with Gasteiger partial charge in [-0.1, -0.05) is 50.3 Å². The van der Waals surface area contributed by atoms with E-state index in [-0.39, 0.29) is 22.1 Å². The van der Waals surface area contributed by atoms with E-state index in [1.807, 2.05) is 0 Å². The number of halogens is 3. The Bertz CT molecular complexity index is 1540. The average molecular weight is 587 g/mol. The van der Waals surface area contributed by atoms with Crippen molar-refractivity contribution in [2.45, 2.75) is 75.6 Å². The number of hydrogen-bond acceptors (Lipinski definition) is 5. The van der Waals surface area contributed by atoms with Crippen LogP contribution in [0, 0.1) is 11.7 Å². The molecule has 0 atom stereocenters. The van der Waals surface area contributed by atoms with Gasteiger partial charge in [-0.15, -0.1) is 8.78 Å². The molecule has 0 aromatic heterocycles. The fraction of sp³-hybridized carbons (Fsp3) is 0.419. The number of nitrogens with zero attached hydrogens (tertiary/aromatic N) is 1. The van der Waals surface area contributed by atoms with Crippen molar-refractivity contribution in [2.24, 2.45) is 5.92 Å². The SMILES string of the molecule is O=S(=O)(Nc1ccc(CCCC2CCCC2)cc1F)c1ccc2c(c1)CCN(Cc1ccc3c(c1)OC(F)(F)O3)C2. The molecule has 3 aliphatic rings. The second-order valence-electron chi connectivity index (χ2n) is 11.3. The number of alkyl halides is 2. The van der Waals surface area contributed by atoms with E-state index in [4.69, 9.17) is 0 Å². The van der Waals surface area contributed by atoms with Crippen LogP contribution in [-0.2, 0) is 36.0 Å². The van der Waals surface area contributed by atoms with Gasteiger partial charge in [-0.25, -0.2) is 12.8 Å². The third-order valence-corrected chi connectivity index (χ3v) is 9.64. The van der Waals surface area contributed by atoms with Crippen LogP contribution in [0.5, 0.6) is 11.5 Å². The molecule has 3 aromatic carbocycles. The maximum Gasteiger partial charge on any atom is 0.586 e. The highest BCUT2D eigenvalue weighted by Gasteiger charge is 2.43. The molecule has 10 heteroatoms. The number of fused-ring (bicyclic) bond motifs is 2. The molecule has 0 bridgehead atoms. The molecular weight excluding hydrogens is 553 g/mol. The van der Waals surface area contributed by atoms with Crippen molar-refractivity contribution in [1.29, 1.82) is 0 Å². The van der Waals surface area contributed by atoms with E-state index in [2.05, 4.69) is 19.1 Å². The van der Waals surface area contributed by atoms with Gasteiger partial charge in [-0.3, -0.25) is 9.62 Å². The van der Waals surface area contributed by atoms with Crippen molar-refractivity contribution in [3.63, 3.8) is 0 Å². The summed E-state index contributed by atoms with van der Waals surface area (Å²) in [5, 5.41) is 0. The predicted molar refractivity (Wildman–Crippen MR) is 149 cm³/mol. The summed E-state index contributed by atoms with van der Waals surface area (Å²) < 4.78 is 79.2. The lowest BCUT2D eigenvalue weighted by molar-refractivity contribution is -0.286. The molecule has 0 amide bonds. The van der Waals surface area contributed by atoms with Crippen molar-refractivity contribution in [3.8, 4) is 11.5 Å². The lowest BCUT2D eigenvalue weighted by atomic mass is 9.98. The molecule has 3 aromatic rings. The minimum Gasteiger partial charge on any atom is -0.395 e. The first-order valence-electron chi connectivity index (χ1n) is 14.2. The zero-order valence-electron chi connectivity index (χ0n) is 22.7. The summed E-state index contributed by atoms with van der Waals surface area (Å²) in [5.41, 5.74) is 3.51. The van der Waals surface area contributed by atoms with Crippen LogP contribution in [0.3, 0.4) is 0 Å². The topological polar surface area (TPSA) is 67.9 Å². The molecule has 6 nitrogen and oxygen atoms in total. The Balaban J connectivity index is 1.07. The quantitative estimate of drug-likeness (QED) is 0.292. The molecule has 1 aliphatic carbocycles. The third-order valence-electron chi connectivity index (χ3n) is 8.28. The van der Waals surface area contributed by atoms with Crippen molar-refractivity contribution in [2.75, 3.05) is 11.3 Å². The van der Waals surface area contributed by atoms with Gasteiger partial charge in [0, 0.05) is 19.6 Å². The lowest BCUT2D eigenvalue weighted by Gasteiger charge is -2.29. The fourth-order valence-electron chi connectivity index (χ4n) is 6.13. The van der Waals surface area contributed by atoms with Crippen molar-refractivity contribution >= 4 is 15.7 Å². The zero-order chi connectivity index (χ0) is 28.6. The van der Waals surface area contributed by atoms with E-state index in [1.54, 1.807) is 30.3 Å². The second kappa shape index (κ2) is 11.2. The molecule has 0 radical (unpaired) electrons. The van der Waals surface area contributed by atoms with E-state index in [0.29, 0.717) is 26.1 Å². The molecule has 0 unspecified atom stereocenters. The Kier molecular flexibility index (Phi) is 7.63. The number of rotatable bonds is 9. The van der Waals surface area contributed by atoms with Crippen LogP contribution in [0.1, 0.15) is 60.8 Å². The predicted octanol–water partition coefficient (Wildman–Crippen LogP) is 7.02. The summed E-state index contributed by atoms with van der Waals surface area (Å²) in [6.45, 7) is 1.75. The molecule has 2 aliphatic heterocycles. The highest BCUT2D eigenvalue weighted by molar-refractivity contribution is 7.92. The van der Waals surface area contributed by atoms with E-state index >= 15 is 0 Å². The number of nitrogens with one attached hydrogen (secondary N) is 1. The number of sulfonamides is 1. The van der Waals surface area contributed by atoms with Gasteiger partial charge in [-0.05, 0) is 83.8 Å². The minimum absolute atomic E-state index is 0.00969. The van der Waals surface area contributed by atoms with Crippen LogP contribution >= 0.6 is 0 Å². The van der Waals surface area contributed by atoms with Gasteiger partial charge in [0.15, 0.2) is 11.5 Å². The van der Waals surface area contributed by atoms with Gasteiger partial charge in [0.2, 0.25) is 0 Å². The number of aryl methyl sites for hydroxylation is 1. The maximum absolute atomic E-state index is 14.8. The Morgan fingerprint density at radius 3 is 2.51 bits per heavy atom. The van der Waals surface area contributed by atoms with Crippen LogP contribution in [0.2, 0.25) is 0 Å². The highest BCUT2D eigenvalue weighted by atomic mass is 32.2. The van der Waals surface area contributed by atoms with Crippen molar-refractivity contribution in [1.82, 2.24) is 4.90 Å². The molecule has 0 spiro atoms. The van der Waals surface area contributed by atoms with Crippen LogP contribution in [-0.4, -0.2) is 26.2 Å². The smallest absolute Gasteiger partial charge is 0.395 e. The zero-order valence-corrected chi connectivity index (χ0v) is 23.5. The van der Waals surface area contributed by atoms with E-state index < -0.39 is 22.1 Å². The molecule has 0 saturated heterocycles. The number of hydrogen-bond donors (Lipinski definition) is 1. The Hall–Kier alpha value is -3.24. The van der Waals surface area contributed by atoms with Gasteiger partial charge in [-0.2, -0.15) is 0 Å². The fourth-order valence-corrected chi connectivity index (χ4v) is 7.25. The summed E-state index contributed by atoms with van der Waals surface area (Å²) in [6, 6.07) is 14.4. The van der Waals surface area contributed by atoms with Gasteiger partial charge in [0.25, 0.3) is 10.0 Å². The first kappa shape index (κ1) is 27.9. The molecule has 1 saturated carbocycles. The monoisotopic (exact) mass is 586 g/mol. The van der Waals surface area contributed by atoms with Crippen molar-refractivity contribution in [3.05, 3.63) is 82.7 Å². The van der Waals surface area contributed by atoms with Crippen LogP contribution in [0.4, 0.5) is 18.9 Å². The summed E-state index contributed by atoms with van der Waals surface area (Å²) in [7, 11) is -3.98. The van der Waals surface area contributed by atoms with E-state index in [9.17, 15) is 21.6 Å². The molecule has 41 heavy (non-hydrogen) atoms. The molecule has 2 heterocycles. The molecule has 218 valence electrons. The normalized spacial score (nSPS) is 18.4. The first-order chi connectivity index (χ1) is 19.6. The van der Waals surface area contributed by atoms with E-state index in [1.165, 1.54) is 49.9 Å². The Labute approximate surface area is 238 Å². The molecular formula is C31H33F3N2O4S. The molecule has 1 fully saturated rings. The van der Waals surface area contributed by atoms with Crippen LogP contribution < -0.4 is 14.2 Å². The second-order valence-corrected chi connectivity index (χ2v) is 13.0. The largest absolute Gasteiger partial charge is 0.586 e. The van der Waals surface area contributed by atoms with Crippen LogP contribution in [0.15, 0.2) is 59.5 Å². The summed E-state index contributed by atoms with van der Waals surface area (Å²) in [4.78, 5) is 2.23. The molecule has 1 N–H and O–H groups in total. The number of anilines is 1. The maximum atomic E-state index is 14.8. The lowest BCUT2D eigenvalue weighted by Crippen LogP contribution is -2.30. The Morgan fingerprint density at radius 1 is 0.927 bits per heavy atom. The number of ether oxygens (including phenoxy) is 2. The standard InChI is InChI=1S/C31H33F3N2O4S/c32-27-16-22(7-3-6-21-4-1-2-5-21)8-12-28(27)35-41(37,38)26-11-10-25-20-36(15-14-24(25)18-26)19-23-9-13-29-30(17-23)40-31(33,34)39-29/h8-13,16-18,21,35H,1-7,14-15,19-20H2. The first-order valence-corrected chi connectivity index (χ1v) is 15.7. The summed E-state index contributed by atoms with van der Waals surface area (Å²) in [6.07, 6.45) is 5.13. The number of benzene rings is 3. The Morgan fingerprint density at radius 2 is 1.71 bits per heavy atom. The highest BCUT2D eigenvalue weighted by Crippen LogP contribution is 2.41. The summed E-state index contributed by atoms with van der Waals surface area (Å²) in [5.74, 6) is 0.236. The van der Waals surface area contributed by atoms with E-state index in [0.717, 1.165) is 47.4 Å². The minimum atomic E-state index is -3.98. The van der Waals surface area contributed by atoms with Gasteiger partial charge >= 0.3 is 6.29 Å². The van der Waals surface area contributed by atoms with Crippen LogP contribution in [0.25, 0.3) is 0 Å². The van der Waals surface area contributed by atoms with Crippen molar-refractivity contribution < 1.29 is 31.1 Å². The third kappa shape index (κ3) is 6.48. The van der Waals surface area contributed by atoms with Gasteiger partial charge in [0.05, 0.1) is 10.6 Å². The summed E-state index contributed by atoms with van der Waals surface area (Å²) >= 11 is 0. The van der Waals surface area contributed by atoms with Gasteiger partial charge < -0.3 is 9.47 Å². The van der Waals surface area contributed by atoms with Gasteiger partial charge in [0.1, 0.15) is 5.82 Å². The average Bonchev–Trinajstić information content (AvgIpc) is 3.55. The molecule has 6 rings (SSSR count).